The predicted molar refractivity (Wildman–Crippen MR) is 138 cm³/mol. The number of nitrogen functional groups attached to an aromatic ring is 1. The molecule has 0 bridgehead atoms. The molecule has 0 aliphatic carbocycles. The molecule has 8 nitrogen and oxygen atoms in total. The summed E-state index contributed by atoms with van der Waals surface area (Å²) in [6.45, 7) is 0.678. The quantitative estimate of drug-likeness (QED) is 0.397. The summed E-state index contributed by atoms with van der Waals surface area (Å²) in [6, 6.07) is 12.7. The van der Waals surface area contributed by atoms with Crippen LogP contribution in [0.3, 0.4) is 0 Å². The molecule has 0 fully saturated rings. The van der Waals surface area contributed by atoms with Gasteiger partial charge in [-0.3, -0.25) is 4.79 Å². The van der Waals surface area contributed by atoms with Crippen LogP contribution in [0.4, 0.5) is 11.5 Å². The highest BCUT2D eigenvalue weighted by Crippen LogP contribution is 2.35. The van der Waals surface area contributed by atoms with E-state index in [1.807, 2.05) is 55.4 Å². The number of hydrogen-bond donors (Lipinski definition) is 1. The fourth-order valence-corrected chi connectivity index (χ4v) is 3.73. The number of anilines is 2. The number of aromatic nitrogens is 4. The Morgan fingerprint density at radius 3 is 2.62 bits per heavy atom. The van der Waals surface area contributed by atoms with Crippen molar-refractivity contribution in [3.63, 3.8) is 0 Å². The molecule has 4 aromatic rings. The number of hydrogen-bond acceptors (Lipinski definition) is 6. The van der Waals surface area contributed by atoms with Gasteiger partial charge in [-0.1, -0.05) is 41.4 Å². The Labute approximate surface area is 207 Å². The number of nitrogens with zero attached hydrogens (tertiary/aromatic N) is 6. The van der Waals surface area contributed by atoms with Gasteiger partial charge in [-0.2, -0.15) is 5.10 Å². The number of halogens is 2. The largest absolute Gasteiger partial charge is 0.383 e. The Bertz CT molecular complexity index is 1400. The zero-order valence-electron chi connectivity index (χ0n) is 18.9. The van der Waals surface area contributed by atoms with Crippen molar-refractivity contribution in [2.75, 3.05) is 38.3 Å². The molecule has 0 unspecified atom stereocenters. The molecule has 34 heavy (non-hydrogen) atoms. The summed E-state index contributed by atoms with van der Waals surface area (Å²) in [4.78, 5) is 24.7. The Morgan fingerprint density at radius 1 is 1.09 bits per heavy atom. The van der Waals surface area contributed by atoms with Gasteiger partial charge in [-0.15, -0.1) is 0 Å². The lowest BCUT2D eigenvalue weighted by Gasteiger charge is -2.16. The van der Waals surface area contributed by atoms with Crippen molar-refractivity contribution in [3.05, 3.63) is 71.0 Å². The first-order valence-electron chi connectivity index (χ1n) is 10.4. The third-order valence-corrected chi connectivity index (χ3v) is 5.95. The highest BCUT2D eigenvalue weighted by Gasteiger charge is 2.19. The van der Waals surface area contributed by atoms with Gasteiger partial charge in [0.2, 0.25) is 5.91 Å². The second-order valence-corrected chi connectivity index (χ2v) is 8.74. The number of nitrogens with two attached hydrogens (primary N) is 1. The Morgan fingerprint density at radius 2 is 1.88 bits per heavy atom. The number of fused-ring (bicyclic) bond motifs is 1. The summed E-state index contributed by atoms with van der Waals surface area (Å²) in [7, 11) is 5.61. The second kappa shape index (κ2) is 9.80. The minimum atomic E-state index is -0.132. The van der Waals surface area contributed by atoms with E-state index in [2.05, 4.69) is 9.97 Å². The molecule has 2 aromatic carbocycles. The van der Waals surface area contributed by atoms with E-state index in [1.165, 1.54) is 6.33 Å². The number of amides is 1. The van der Waals surface area contributed by atoms with Gasteiger partial charge in [0.05, 0.1) is 21.1 Å². The average molecular weight is 496 g/mol. The monoisotopic (exact) mass is 495 g/mol. The highest BCUT2D eigenvalue weighted by atomic mass is 35.5. The van der Waals surface area contributed by atoms with Crippen LogP contribution in [0.15, 0.2) is 60.9 Å². The first kappa shape index (κ1) is 23.7. The summed E-state index contributed by atoms with van der Waals surface area (Å²) < 4.78 is 1.68. The summed E-state index contributed by atoms with van der Waals surface area (Å²) in [5.74, 6) is 0.166. The van der Waals surface area contributed by atoms with Gasteiger partial charge < -0.3 is 15.5 Å². The van der Waals surface area contributed by atoms with Crippen LogP contribution in [0.5, 0.6) is 0 Å². The van der Waals surface area contributed by atoms with E-state index < -0.39 is 0 Å². The first-order valence-corrected chi connectivity index (χ1v) is 11.2. The lowest BCUT2D eigenvalue weighted by atomic mass is 10.1. The molecule has 0 saturated heterocycles. The van der Waals surface area contributed by atoms with E-state index in [1.54, 1.807) is 34.8 Å². The third-order valence-electron chi connectivity index (χ3n) is 5.21. The van der Waals surface area contributed by atoms with Crippen LogP contribution in [-0.4, -0.2) is 58.2 Å². The van der Waals surface area contributed by atoms with E-state index in [0.29, 0.717) is 50.5 Å². The molecule has 2 heterocycles. The molecule has 2 N–H and O–H groups in total. The van der Waals surface area contributed by atoms with Crippen molar-refractivity contribution >= 4 is 51.6 Å². The smallest absolute Gasteiger partial charge is 0.250 e. The zero-order valence-corrected chi connectivity index (χ0v) is 20.4. The maximum absolute atomic E-state index is 12.6. The topological polar surface area (TPSA) is 93.2 Å². The fourth-order valence-electron chi connectivity index (χ4n) is 3.44. The molecule has 0 saturated carbocycles. The van der Waals surface area contributed by atoms with E-state index in [9.17, 15) is 4.79 Å². The summed E-state index contributed by atoms with van der Waals surface area (Å²) in [5.41, 5.74) is 9.47. The predicted octanol–water partition coefficient (Wildman–Crippen LogP) is 4.45. The van der Waals surface area contributed by atoms with Crippen molar-refractivity contribution < 1.29 is 4.79 Å². The van der Waals surface area contributed by atoms with Crippen LogP contribution in [0, 0.1) is 0 Å². The molecule has 2 aromatic heterocycles. The van der Waals surface area contributed by atoms with Crippen molar-refractivity contribution in [2.24, 2.45) is 0 Å². The van der Waals surface area contributed by atoms with Crippen molar-refractivity contribution in [3.8, 4) is 16.9 Å². The van der Waals surface area contributed by atoms with E-state index in [-0.39, 0.29) is 5.91 Å². The minimum Gasteiger partial charge on any atom is -0.383 e. The van der Waals surface area contributed by atoms with Gasteiger partial charge in [-0.25, -0.2) is 14.6 Å². The van der Waals surface area contributed by atoms with E-state index in [4.69, 9.17) is 34.0 Å². The fraction of sp³-hybridized carbons (Fsp3) is 0.167. The van der Waals surface area contributed by atoms with Crippen LogP contribution in [0.1, 0.15) is 0 Å². The van der Waals surface area contributed by atoms with Crippen molar-refractivity contribution in [2.45, 2.75) is 0 Å². The van der Waals surface area contributed by atoms with Crippen LogP contribution < -0.4 is 10.6 Å². The number of carbonyl (C=O) groups is 1. The van der Waals surface area contributed by atoms with Gasteiger partial charge >= 0.3 is 0 Å². The highest BCUT2D eigenvalue weighted by molar-refractivity contribution is 6.42. The maximum atomic E-state index is 12.6. The molecule has 0 aliphatic heterocycles. The lowest BCUT2D eigenvalue weighted by molar-refractivity contribution is -0.113. The molecule has 0 atom stereocenters. The molecule has 1 amide bonds. The zero-order chi connectivity index (χ0) is 24.4. The Balaban J connectivity index is 1.78. The van der Waals surface area contributed by atoms with Gasteiger partial charge in [0.25, 0.3) is 0 Å². The van der Waals surface area contributed by atoms with Crippen LogP contribution in [0.2, 0.25) is 10.0 Å². The van der Waals surface area contributed by atoms with Crippen LogP contribution in [-0.2, 0) is 4.79 Å². The normalized spacial score (nSPS) is 11.6. The SMILES string of the molecule is CN(C)C/C=C/C(=O)N(C)c1cccc(-n2nc(-c3ccc(Cl)c(Cl)c3)c3c(N)ncnc32)c1. The number of carbonyl (C=O) groups excluding carboxylic acids is 1. The standard InChI is InChI=1S/C24H23Cl2N7O/c1-31(2)11-5-8-20(34)32(3)16-6-4-7-17(13-16)33-24-21(23(27)28-14-29-24)22(30-33)15-9-10-18(25)19(26)12-15/h4-10,12-14H,11H2,1-3H3,(H2,27,28,29)/b8-5+. The summed E-state index contributed by atoms with van der Waals surface area (Å²) in [6.07, 6.45) is 4.78. The minimum absolute atomic E-state index is 0.132. The average Bonchev–Trinajstić information content (AvgIpc) is 3.21. The molecule has 0 aliphatic rings. The number of benzene rings is 2. The van der Waals surface area contributed by atoms with E-state index >= 15 is 0 Å². The van der Waals surface area contributed by atoms with Crippen LogP contribution in [0.25, 0.3) is 28.0 Å². The van der Waals surface area contributed by atoms with Gasteiger partial charge in [-0.05, 0) is 44.4 Å². The molecule has 4 rings (SSSR count). The second-order valence-electron chi connectivity index (χ2n) is 7.93. The number of likely N-dealkylation sites (N-methyl/N-ethyl adjacent to an activating group) is 2. The molecule has 0 spiro atoms. The lowest BCUT2D eigenvalue weighted by Crippen LogP contribution is -2.24. The number of rotatable bonds is 6. The molecule has 174 valence electrons. The van der Waals surface area contributed by atoms with Gasteiger partial charge in [0, 0.05) is 30.9 Å². The molecule has 10 heteroatoms. The third kappa shape index (κ3) is 4.75. The maximum Gasteiger partial charge on any atom is 0.250 e. The van der Waals surface area contributed by atoms with Crippen molar-refractivity contribution in [1.29, 1.82) is 0 Å². The van der Waals surface area contributed by atoms with E-state index in [0.717, 1.165) is 5.56 Å². The Hall–Kier alpha value is -3.46. The molecular formula is C24H23Cl2N7O. The first-order chi connectivity index (χ1) is 16.3. The molecule has 0 radical (unpaired) electrons. The van der Waals surface area contributed by atoms with Crippen LogP contribution >= 0.6 is 23.2 Å². The summed E-state index contributed by atoms with van der Waals surface area (Å²) in [5, 5.41) is 6.23. The van der Waals surface area contributed by atoms with Gasteiger partial charge in [0.1, 0.15) is 17.8 Å². The summed E-state index contributed by atoms with van der Waals surface area (Å²) >= 11 is 12.3. The Kier molecular flexibility index (Phi) is 6.83. The molecular weight excluding hydrogens is 473 g/mol. The van der Waals surface area contributed by atoms with Gasteiger partial charge in [0.15, 0.2) is 5.65 Å². The van der Waals surface area contributed by atoms with Crippen molar-refractivity contribution in [1.82, 2.24) is 24.6 Å².